The number of aryl methyl sites for hydroxylation is 2. The minimum atomic E-state index is -0.293. The zero-order chi connectivity index (χ0) is 20.4. The van der Waals surface area contributed by atoms with Crippen LogP contribution in [0.4, 0.5) is 0 Å². The van der Waals surface area contributed by atoms with Crippen LogP contribution in [-0.4, -0.2) is 50.1 Å². The van der Waals surface area contributed by atoms with Crippen LogP contribution in [0, 0.1) is 6.92 Å². The van der Waals surface area contributed by atoms with E-state index in [-0.39, 0.29) is 5.97 Å². The topological polar surface area (TPSA) is 73.1 Å². The highest BCUT2D eigenvalue weighted by atomic mass is 32.2. The van der Waals surface area contributed by atoms with E-state index in [1.807, 2.05) is 31.7 Å². The maximum atomic E-state index is 12.4. The predicted molar refractivity (Wildman–Crippen MR) is 115 cm³/mol. The molecule has 4 heterocycles. The Hall–Kier alpha value is -1.97. The Labute approximate surface area is 178 Å². The summed E-state index contributed by atoms with van der Waals surface area (Å²) >= 11 is 2.91. The third-order valence-corrected chi connectivity index (χ3v) is 7.27. The summed E-state index contributed by atoms with van der Waals surface area (Å²) in [4.78, 5) is 30.4. The van der Waals surface area contributed by atoms with Crippen molar-refractivity contribution in [2.24, 2.45) is 7.05 Å². The van der Waals surface area contributed by atoms with Gasteiger partial charge >= 0.3 is 5.97 Å². The molecule has 0 unspecified atom stereocenters. The molecule has 0 aromatic carbocycles. The van der Waals surface area contributed by atoms with Gasteiger partial charge in [-0.3, -0.25) is 4.90 Å². The fourth-order valence-corrected chi connectivity index (χ4v) is 5.69. The summed E-state index contributed by atoms with van der Waals surface area (Å²) < 4.78 is 7.22. The number of piperidine rings is 1. The van der Waals surface area contributed by atoms with Crippen molar-refractivity contribution >= 4 is 39.3 Å². The summed E-state index contributed by atoms with van der Waals surface area (Å²) in [5, 5.41) is 2.63. The van der Waals surface area contributed by atoms with Crippen LogP contribution in [0.1, 0.15) is 47.2 Å². The lowest BCUT2D eigenvalue weighted by molar-refractivity contribution is 0.0531. The molecule has 0 radical (unpaired) electrons. The molecular weight excluding hydrogens is 406 g/mol. The number of rotatable bonds is 6. The second-order valence-corrected chi connectivity index (χ2v) is 9.12. The van der Waals surface area contributed by atoms with Gasteiger partial charge in [-0.25, -0.2) is 19.7 Å². The molecule has 1 fully saturated rings. The molecule has 3 aromatic rings. The minimum absolute atomic E-state index is 0.293. The molecule has 0 bridgehead atoms. The van der Waals surface area contributed by atoms with E-state index in [1.165, 1.54) is 42.4 Å². The SMILES string of the molecule is CCOC(=O)c1sc2nc(CN3CCCCC3)nc(Sc3nccn3C)c2c1C. The molecule has 4 rings (SSSR count). The third kappa shape index (κ3) is 4.31. The number of hydrogen-bond donors (Lipinski definition) is 0. The van der Waals surface area contributed by atoms with Crippen molar-refractivity contribution in [3.8, 4) is 0 Å². The van der Waals surface area contributed by atoms with Crippen molar-refractivity contribution in [2.75, 3.05) is 19.7 Å². The number of carbonyl (C=O) groups excluding carboxylic acids is 1. The number of carbonyl (C=O) groups is 1. The van der Waals surface area contributed by atoms with Gasteiger partial charge in [0.25, 0.3) is 0 Å². The Morgan fingerprint density at radius 1 is 1.28 bits per heavy atom. The number of likely N-dealkylation sites (tertiary alicyclic amines) is 1. The fourth-order valence-electron chi connectivity index (χ4n) is 3.53. The molecule has 154 valence electrons. The zero-order valence-corrected chi connectivity index (χ0v) is 18.6. The van der Waals surface area contributed by atoms with Crippen LogP contribution >= 0.6 is 23.1 Å². The summed E-state index contributed by atoms with van der Waals surface area (Å²) in [7, 11) is 1.97. The molecular formula is C20H25N5O2S2. The van der Waals surface area contributed by atoms with Crippen molar-refractivity contribution < 1.29 is 9.53 Å². The smallest absolute Gasteiger partial charge is 0.348 e. The molecule has 1 aliphatic rings. The number of hydrogen-bond acceptors (Lipinski definition) is 8. The molecule has 1 aliphatic heterocycles. The highest BCUT2D eigenvalue weighted by molar-refractivity contribution is 7.99. The standard InChI is InChI=1S/C20H25N5O2S2/c1-4-27-19(26)16-13(2)15-17(28-16)22-14(12-25-9-6-5-7-10-25)23-18(15)29-20-21-8-11-24(20)3/h8,11H,4-7,9-10,12H2,1-3H3. The molecule has 0 atom stereocenters. The molecule has 9 heteroatoms. The molecule has 1 saturated heterocycles. The molecule has 0 N–H and O–H groups in total. The van der Waals surface area contributed by atoms with Crippen LogP contribution in [0.3, 0.4) is 0 Å². The third-order valence-electron chi connectivity index (χ3n) is 5.04. The molecule has 3 aromatic heterocycles. The number of thiophene rings is 1. The maximum absolute atomic E-state index is 12.4. The van der Waals surface area contributed by atoms with Gasteiger partial charge < -0.3 is 9.30 Å². The normalized spacial score (nSPS) is 15.1. The summed E-state index contributed by atoms with van der Waals surface area (Å²) in [5.74, 6) is 0.506. The van der Waals surface area contributed by atoms with E-state index < -0.39 is 0 Å². The molecule has 29 heavy (non-hydrogen) atoms. The number of nitrogens with zero attached hydrogens (tertiary/aromatic N) is 5. The number of aromatic nitrogens is 4. The second-order valence-electron chi connectivity index (χ2n) is 7.16. The van der Waals surface area contributed by atoms with Gasteiger partial charge in [-0.2, -0.15) is 0 Å². The van der Waals surface area contributed by atoms with Crippen molar-refractivity contribution in [3.05, 3.63) is 28.7 Å². The van der Waals surface area contributed by atoms with Crippen LogP contribution in [0.25, 0.3) is 10.2 Å². The first-order valence-corrected chi connectivity index (χ1v) is 11.5. The Balaban J connectivity index is 1.77. The minimum Gasteiger partial charge on any atom is -0.462 e. The van der Waals surface area contributed by atoms with Crippen molar-refractivity contribution in [3.63, 3.8) is 0 Å². The first-order valence-electron chi connectivity index (χ1n) is 9.91. The van der Waals surface area contributed by atoms with Gasteiger partial charge in [0.2, 0.25) is 0 Å². The highest BCUT2D eigenvalue weighted by Gasteiger charge is 2.23. The second kappa shape index (κ2) is 8.81. The van der Waals surface area contributed by atoms with E-state index in [1.54, 1.807) is 6.20 Å². The predicted octanol–water partition coefficient (Wildman–Crippen LogP) is 4.05. The van der Waals surface area contributed by atoms with E-state index in [0.29, 0.717) is 11.5 Å². The summed E-state index contributed by atoms with van der Waals surface area (Å²) in [6, 6.07) is 0. The van der Waals surface area contributed by atoms with Crippen LogP contribution in [0.2, 0.25) is 0 Å². The fraction of sp³-hybridized carbons (Fsp3) is 0.500. The average molecular weight is 432 g/mol. The average Bonchev–Trinajstić information content (AvgIpc) is 3.26. The van der Waals surface area contributed by atoms with Crippen LogP contribution in [-0.2, 0) is 18.3 Å². The Morgan fingerprint density at radius 2 is 2.07 bits per heavy atom. The van der Waals surface area contributed by atoms with Gasteiger partial charge in [-0.15, -0.1) is 11.3 Å². The highest BCUT2D eigenvalue weighted by Crippen LogP contribution is 2.38. The van der Waals surface area contributed by atoms with E-state index >= 15 is 0 Å². The van der Waals surface area contributed by atoms with Crippen LogP contribution in [0.15, 0.2) is 22.6 Å². The van der Waals surface area contributed by atoms with Crippen molar-refractivity contribution in [1.82, 2.24) is 24.4 Å². The molecule has 0 spiro atoms. The summed E-state index contributed by atoms with van der Waals surface area (Å²) in [5.41, 5.74) is 0.879. The Morgan fingerprint density at radius 3 is 2.76 bits per heavy atom. The van der Waals surface area contributed by atoms with Crippen LogP contribution < -0.4 is 0 Å². The van der Waals surface area contributed by atoms with E-state index in [2.05, 4.69) is 9.88 Å². The molecule has 0 amide bonds. The molecule has 0 aliphatic carbocycles. The van der Waals surface area contributed by atoms with Gasteiger partial charge in [0, 0.05) is 24.8 Å². The lowest BCUT2D eigenvalue weighted by atomic mass is 10.1. The van der Waals surface area contributed by atoms with Gasteiger partial charge in [0.05, 0.1) is 13.2 Å². The molecule has 0 saturated carbocycles. The lowest BCUT2D eigenvalue weighted by Crippen LogP contribution is -2.29. The van der Waals surface area contributed by atoms with Gasteiger partial charge in [0.1, 0.15) is 20.6 Å². The number of esters is 1. The van der Waals surface area contributed by atoms with E-state index in [9.17, 15) is 4.79 Å². The maximum Gasteiger partial charge on any atom is 0.348 e. The van der Waals surface area contributed by atoms with Crippen LogP contribution in [0.5, 0.6) is 0 Å². The van der Waals surface area contributed by atoms with Gasteiger partial charge in [-0.05, 0) is 57.1 Å². The summed E-state index contributed by atoms with van der Waals surface area (Å²) in [6.07, 6.45) is 7.44. The van der Waals surface area contributed by atoms with E-state index in [4.69, 9.17) is 14.7 Å². The number of imidazole rings is 1. The zero-order valence-electron chi connectivity index (χ0n) is 17.0. The number of ether oxygens (including phenoxy) is 1. The van der Waals surface area contributed by atoms with Gasteiger partial charge in [0.15, 0.2) is 5.16 Å². The van der Waals surface area contributed by atoms with E-state index in [0.717, 1.165) is 51.4 Å². The Bertz CT molecular complexity index is 1020. The van der Waals surface area contributed by atoms with Crippen molar-refractivity contribution in [1.29, 1.82) is 0 Å². The van der Waals surface area contributed by atoms with Crippen molar-refractivity contribution in [2.45, 2.75) is 49.8 Å². The largest absolute Gasteiger partial charge is 0.462 e. The Kier molecular flexibility index (Phi) is 6.17. The van der Waals surface area contributed by atoms with Gasteiger partial charge in [-0.1, -0.05) is 6.42 Å². The summed E-state index contributed by atoms with van der Waals surface area (Å²) in [6.45, 7) is 7.02. The first-order chi connectivity index (χ1) is 14.1. The number of fused-ring (bicyclic) bond motifs is 1. The molecule has 7 nitrogen and oxygen atoms in total. The lowest BCUT2D eigenvalue weighted by Gasteiger charge is -2.25. The monoisotopic (exact) mass is 431 g/mol. The quantitative estimate of drug-likeness (QED) is 0.431. The first kappa shape index (κ1) is 20.3.